The highest BCUT2D eigenvalue weighted by atomic mass is 32.1. The van der Waals surface area contributed by atoms with Gasteiger partial charge in [0.2, 0.25) is 0 Å². The quantitative estimate of drug-likeness (QED) is 0.735. The number of rotatable bonds is 3. The van der Waals surface area contributed by atoms with Crippen LogP contribution in [0.1, 0.15) is 41.3 Å². The fourth-order valence-electron chi connectivity index (χ4n) is 3.88. The van der Waals surface area contributed by atoms with Gasteiger partial charge in [0.25, 0.3) is 5.91 Å². The number of nitrogens with zero attached hydrogens (tertiary/aromatic N) is 2. The molecule has 1 aliphatic carbocycles. The highest BCUT2D eigenvalue weighted by Gasteiger charge is 2.33. The number of thiophene rings is 1. The molecule has 0 N–H and O–H groups in total. The van der Waals surface area contributed by atoms with Crippen LogP contribution in [0.25, 0.3) is 6.08 Å². The topological polar surface area (TPSA) is 53.3 Å². The van der Waals surface area contributed by atoms with Crippen LogP contribution in [0.5, 0.6) is 5.75 Å². The van der Waals surface area contributed by atoms with Gasteiger partial charge in [0, 0.05) is 17.0 Å². The number of nitriles is 1. The molecule has 1 fully saturated rings. The van der Waals surface area contributed by atoms with E-state index in [2.05, 4.69) is 13.0 Å². The Morgan fingerprint density at radius 1 is 1.30 bits per heavy atom. The van der Waals surface area contributed by atoms with E-state index in [0.29, 0.717) is 18.9 Å². The number of hydrogen-bond acceptors (Lipinski definition) is 4. The molecule has 0 radical (unpaired) electrons. The number of hydrogen-bond donors (Lipinski definition) is 0. The smallest absolute Gasteiger partial charge is 0.254 e. The molecule has 1 saturated heterocycles. The monoisotopic (exact) mass is 378 g/mol. The molecule has 4 nitrogen and oxygen atoms in total. The molecule has 1 aromatic heterocycles. The third-order valence-electron chi connectivity index (χ3n) is 5.43. The number of amides is 1. The van der Waals surface area contributed by atoms with E-state index in [0.717, 1.165) is 46.7 Å². The van der Waals surface area contributed by atoms with Crippen LogP contribution >= 0.6 is 11.3 Å². The molecule has 4 rings (SSSR count). The fourth-order valence-corrected chi connectivity index (χ4v) is 5.37. The Hall–Kier alpha value is -2.58. The lowest BCUT2D eigenvalue weighted by Gasteiger charge is -2.17. The molecule has 1 amide bonds. The standard InChI is InChI=1S/C22H22N2O2S/c1-14-3-8-18-19(13-23)22(27-20(18)11-14)24-10-9-16(21(24)25)12-15-4-6-17(26-2)7-5-15/h4-7,12,14H,3,8-11H2,1-2H3/b16-12+. The Kier molecular flexibility index (Phi) is 4.75. The van der Waals surface area contributed by atoms with E-state index in [-0.39, 0.29) is 5.91 Å². The molecular formula is C22H22N2O2S. The van der Waals surface area contributed by atoms with E-state index in [9.17, 15) is 10.1 Å². The fraction of sp³-hybridized carbons (Fsp3) is 0.364. The van der Waals surface area contributed by atoms with Crippen LogP contribution in [-0.4, -0.2) is 19.6 Å². The third kappa shape index (κ3) is 3.26. The zero-order chi connectivity index (χ0) is 19.0. The lowest BCUT2D eigenvalue weighted by molar-refractivity contribution is -0.114. The number of carbonyl (C=O) groups excluding carboxylic acids is 1. The first-order chi connectivity index (χ1) is 13.1. The normalized spacial score (nSPS) is 20.6. The summed E-state index contributed by atoms with van der Waals surface area (Å²) in [5.41, 5.74) is 3.68. The van der Waals surface area contributed by atoms with Gasteiger partial charge >= 0.3 is 0 Å². The van der Waals surface area contributed by atoms with Crippen molar-refractivity contribution in [3.05, 3.63) is 51.4 Å². The first kappa shape index (κ1) is 17.8. The van der Waals surface area contributed by atoms with E-state index < -0.39 is 0 Å². The van der Waals surface area contributed by atoms with Gasteiger partial charge in [0.15, 0.2) is 0 Å². The van der Waals surface area contributed by atoms with Crippen molar-refractivity contribution in [1.82, 2.24) is 0 Å². The zero-order valence-electron chi connectivity index (χ0n) is 15.6. The summed E-state index contributed by atoms with van der Waals surface area (Å²) in [6.07, 6.45) is 5.74. The first-order valence-corrected chi connectivity index (χ1v) is 10.1. The summed E-state index contributed by atoms with van der Waals surface area (Å²) in [4.78, 5) is 16.1. The second-order valence-corrected chi connectivity index (χ2v) is 8.38. The predicted molar refractivity (Wildman–Crippen MR) is 108 cm³/mol. The van der Waals surface area contributed by atoms with Gasteiger partial charge < -0.3 is 4.74 Å². The lowest BCUT2D eigenvalue weighted by Crippen LogP contribution is -2.24. The van der Waals surface area contributed by atoms with Crippen LogP contribution in [0, 0.1) is 17.2 Å². The molecule has 1 atom stereocenters. The number of fused-ring (bicyclic) bond motifs is 1. The second kappa shape index (κ2) is 7.21. The van der Waals surface area contributed by atoms with Crippen LogP contribution in [0.15, 0.2) is 29.8 Å². The van der Waals surface area contributed by atoms with E-state index in [4.69, 9.17) is 4.74 Å². The minimum absolute atomic E-state index is 0.0222. The average Bonchev–Trinajstić information content (AvgIpc) is 3.22. The summed E-state index contributed by atoms with van der Waals surface area (Å²) in [6.45, 7) is 2.90. The second-order valence-electron chi connectivity index (χ2n) is 7.29. The molecule has 0 bridgehead atoms. The molecule has 0 spiro atoms. The number of benzene rings is 1. The minimum atomic E-state index is 0.0222. The Morgan fingerprint density at radius 2 is 2.07 bits per heavy atom. The Balaban J connectivity index is 1.62. The molecular weight excluding hydrogens is 356 g/mol. The van der Waals surface area contributed by atoms with Gasteiger partial charge in [-0.2, -0.15) is 5.26 Å². The van der Waals surface area contributed by atoms with Crippen molar-refractivity contribution in [2.24, 2.45) is 5.92 Å². The maximum Gasteiger partial charge on any atom is 0.254 e. The molecule has 2 heterocycles. The van der Waals surface area contributed by atoms with Crippen LogP contribution < -0.4 is 9.64 Å². The van der Waals surface area contributed by atoms with E-state index in [1.165, 1.54) is 10.4 Å². The van der Waals surface area contributed by atoms with Crippen molar-refractivity contribution in [3.63, 3.8) is 0 Å². The molecule has 0 saturated carbocycles. The minimum Gasteiger partial charge on any atom is -0.497 e. The third-order valence-corrected chi connectivity index (χ3v) is 6.71. The SMILES string of the molecule is COc1ccc(/C=C2\CCN(c3sc4c(c3C#N)CCC(C)C4)C2=O)cc1. The van der Waals surface area contributed by atoms with Crippen LogP contribution in [0.2, 0.25) is 0 Å². The molecule has 27 heavy (non-hydrogen) atoms. The van der Waals surface area contributed by atoms with Gasteiger partial charge in [-0.15, -0.1) is 11.3 Å². The van der Waals surface area contributed by atoms with Crippen LogP contribution in [0.3, 0.4) is 0 Å². The van der Waals surface area contributed by atoms with Crippen LogP contribution in [-0.2, 0) is 17.6 Å². The highest BCUT2D eigenvalue weighted by molar-refractivity contribution is 7.16. The van der Waals surface area contributed by atoms with Gasteiger partial charge in [-0.25, -0.2) is 0 Å². The van der Waals surface area contributed by atoms with Crippen molar-refractivity contribution < 1.29 is 9.53 Å². The maximum absolute atomic E-state index is 13.0. The number of carbonyl (C=O) groups is 1. The van der Waals surface area contributed by atoms with Gasteiger partial charge in [-0.3, -0.25) is 9.69 Å². The van der Waals surface area contributed by atoms with Gasteiger partial charge in [0.05, 0.1) is 12.7 Å². The summed E-state index contributed by atoms with van der Waals surface area (Å²) >= 11 is 1.64. The summed E-state index contributed by atoms with van der Waals surface area (Å²) in [6, 6.07) is 10.1. The Bertz CT molecular complexity index is 950. The van der Waals surface area contributed by atoms with Gasteiger partial charge in [0.1, 0.15) is 16.8 Å². The van der Waals surface area contributed by atoms with Crippen molar-refractivity contribution in [2.45, 2.75) is 32.6 Å². The molecule has 2 aromatic rings. The molecule has 1 aliphatic heterocycles. The van der Waals surface area contributed by atoms with E-state index >= 15 is 0 Å². The van der Waals surface area contributed by atoms with Crippen LogP contribution in [0.4, 0.5) is 5.00 Å². The van der Waals surface area contributed by atoms with Gasteiger partial charge in [-0.05, 0) is 60.9 Å². The molecule has 1 unspecified atom stereocenters. The van der Waals surface area contributed by atoms with E-state index in [1.54, 1.807) is 18.4 Å². The number of anilines is 1. The van der Waals surface area contributed by atoms with Crippen molar-refractivity contribution in [1.29, 1.82) is 5.26 Å². The van der Waals surface area contributed by atoms with Crippen molar-refractivity contribution in [3.8, 4) is 11.8 Å². The highest BCUT2D eigenvalue weighted by Crippen LogP contribution is 2.42. The zero-order valence-corrected chi connectivity index (χ0v) is 16.4. The predicted octanol–water partition coefficient (Wildman–Crippen LogP) is 4.57. The largest absolute Gasteiger partial charge is 0.497 e. The first-order valence-electron chi connectivity index (χ1n) is 9.32. The van der Waals surface area contributed by atoms with Gasteiger partial charge in [-0.1, -0.05) is 19.1 Å². The summed E-state index contributed by atoms with van der Waals surface area (Å²) in [5.74, 6) is 1.47. The number of ether oxygens (including phenoxy) is 1. The van der Waals surface area contributed by atoms with E-state index in [1.807, 2.05) is 35.2 Å². The Labute approximate surface area is 163 Å². The molecule has 5 heteroatoms. The number of methoxy groups -OCH3 is 1. The van der Waals surface area contributed by atoms with Crippen molar-refractivity contribution >= 4 is 28.3 Å². The summed E-state index contributed by atoms with van der Waals surface area (Å²) in [7, 11) is 1.64. The summed E-state index contributed by atoms with van der Waals surface area (Å²) in [5, 5.41) is 10.6. The Morgan fingerprint density at radius 3 is 2.78 bits per heavy atom. The average molecular weight is 378 g/mol. The molecule has 138 valence electrons. The molecule has 2 aliphatic rings. The van der Waals surface area contributed by atoms with Crippen molar-refractivity contribution in [2.75, 3.05) is 18.6 Å². The molecule has 1 aromatic carbocycles. The maximum atomic E-state index is 13.0. The summed E-state index contributed by atoms with van der Waals surface area (Å²) < 4.78 is 5.18. The lowest BCUT2D eigenvalue weighted by atomic mass is 9.88.